The van der Waals surface area contributed by atoms with Crippen molar-refractivity contribution in [1.29, 1.82) is 0 Å². The largest absolute Gasteiger partial charge is 0.468 e. The van der Waals surface area contributed by atoms with Crippen molar-refractivity contribution in [3.63, 3.8) is 0 Å². The van der Waals surface area contributed by atoms with Crippen molar-refractivity contribution in [2.75, 3.05) is 18.1 Å². The third-order valence-corrected chi connectivity index (χ3v) is 4.33. The fourth-order valence-electron chi connectivity index (χ4n) is 1.95. The molecule has 1 aromatic heterocycles. The Balaban J connectivity index is 1.94. The van der Waals surface area contributed by atoms with E-state index >= 15 is 0 Å². The topological polar surface area (TPSA) is 79.6 Å². The van der Waals surface area contributed by atoms with Gasteiger partial charge in [-0.2, -0.15) is 4.31 Å². The molecule has 1 heterocycles. The molecular formula is C15H17FN2O4S. The molecule has 0 saturated carbocycles. The summed E-state index contributed by atoms with van der Waals surface area (Å²) in [5, 5.41) is 2.52. The molecule has 1 aromatic carbocycles. The molecule has 0 aliphatic rings. The number of furan rings is 1. The zero-order chi connectivity index (χ0) is 16.9. The molecule has 2 aromatic rings. The van der Waals surface area contributed by atoms with Gasteiger partial charge in [-0.15, -0.1) is 0 Å². The van der Waals surface area contributed by atoms with E-state index in [9.17, 15) is 17.6 Å². The first kappa shape index (κ1) is 17.2. The van der Waals surface area contributed by atoms with Gasteiger partial charge in [-0.3, -0.25) is 4.79 Å². The summed E-state index contributed by atoms with van der Waals surface area (Å²) >= 11 is 0. The fourth-order valence-corrected chi connectivity index (χ4v) is 2.74. The lowest BCUT2D eigenvalue weighted by Crippen LogP contribution is -2.32. The molecular weight excluding hydrogens is 323 g/mol. The first-order chi connectivity index (χ1) is 10.8. The maximum Gasteiger partial charge on any atom is 0.225 e. The van der Waals surface area contributed by atoms with Crippen LogP contribution in [0.25, 0.3) is 0 Å². The van der Waals surface area contributed by atoms with Crippen LogP contribution in [0.1, 0.15) is 12.2 Å². The average Bonchev–Trinajstić information content (AvgIpc) is 2.95. The zero-order valence-corrected chi connectivity index (χ0v) is 13.3. The minimum absolute atomic E-state index is 0.000677. The van der Waals surface area contributed by atoms with Gasteiger partial charge in [0.15, 0.2) is 0 Å². The number of benzene rings is 1. The van der Waals surface area contributed by atoms with Crippen molar-refractivity contribution in [2.45, 2.75) is 13.0 Å². The van der Waals surface area contributed by atoms with Crippen molar-refractivity contribution in [1.82, 2.24) is 4.31 Å². The highest BCUT2D eigenvalue weighted by Crippen LogP contribution is 2.12. The van der Waals surface area contributed by atoms with E-state index in [4.69, 9.17) is 4.42 Å². The standard InChI is InChI=1S/C15H17FN2O4S/c1-23(20,21)18(11-14-6-3-9-22-14)8-7-15(19)17-13-5-2-4-12(16)10-13/h2-6,9-10H,7-8,11H2,1H3,(H,17,19). The lowest BCUT2D eigenvalue weighted by Gasteiger charge is -2.18. The lowest BCUT2D eigenvalue weighted by atomic mass is 10.3. The van der Waals surface area contributed by atoms with Crippen LogP contribution in [-0.4, -0.2) is 31.4 Å². The zero-order valence-electron chi connectivity index (χ0n) is 12.5. The Labute approximate surface area is 134 Å². The molecule has 8 heteroatoms. The van der Waals surface area contributed by atoms with Crippen LogP contribution in [0.5, 0.6) is 0 Å². The number of nitrogens with zero attached hydrogens (tertiary/aromatic N) is 1. The van der Waals surface area contributed by atoms with Gasteiger partial charge in [-0.1, -0.05) is 6.07 Å². The number of halogens is 1. The van der Waals surface area contributed by atoms with Gasteiger partial charge in [0.05, 0.1) is 19.1 Å². The van der Waals surface area contributed by atoms with Crippen LogP contribution in [0.15, 0.2) is 47.1 Å². The van der Waals surface area contributed by atoms with Crippen LogP contribution in [-0.2, 0) is 21.4 Å². The van der Waals surface area contributed by atoms with E-state index < -0.39 is 21.7 Å². The molecule has 0 fully saturated rings. The number of sulfonamides is 1. The molecule has 0 radical (unpaired) electrons. The quantitative estimate of drug-likeness (QED) is 0.838. The molecule has 0 bridgehead atoms. The van der Waals surface area contributed by atoms with E-state index in [2.05, 4.69) is 5.32 Å². The number of nitrogens with one attached hydrogen (secondary N) is 1. The molecule has 23 heavy (non-hydrogen) atoms. The molecule has 0 atom stereocenters. The average molecular weight is 340 g/mol. The number of anilines is 1. The molecule has 0 saturated heterocycles. The summed E-state index contributed by atoms with van der Waals surface area (Å²) in [5.41, 5.74) is 0.326. The minimum atomic E-state index is -3.48. The fraction of sp³-hybridized carbons (Fsp3) is 0.267. The second kappa shape index (κ2) is 7.38. The second-order valence-corrected chi connectivity index (χ2v) is 6.97. The van der Waals surface area contributed by atoms with Crippen LogP contribution in [0.4, 0.5) is 10.1 Å². The van der Waals surface area contributed by atoms with Gasteiger partial charge >= 0.3 is 0 Å². The smallest absolute Gasteiger partial charge is 0.225 e. The van der Waals surface area contributed by atoms with E-state index in [-0.39, 0.29) is 19.5 Å². The number of amides is 1. The number of carbonyl (C=O) groups is 1. The normalized spacial score (nSPS) is 11.6. The third-order valence-electron chi connectivity index (χ3n) is 3.08. The van der Waals surface area contributed by atoms with Crippen LogP contribution < -0.4 is 5.32 Å². The number of hydrogen-bond acceptors (Lipinski definition) is 4. The summed E-state index contributed by atoms with van der Waals surface area (Å²) in [6, 6.07) is 8.81. The summed E-state index contributed by atoms with van der Waals surface area (Å²) in [7, 11) is -3.48. The van der Waals surface area contributed by atoms with Crippen molar-refractivity contribution in [3.05, 3.63) is 54.2 Å². The summed E-state index contributed by atoms with van der Waals surface area (Å²) < 4.78 is 42.9. The molecule has 2 rings (SSSR count). The molecule has 6 nitrogen and oxygen atoms in total. The Bertz CT molecular complexity index is 760. The number of hydrogen-bond donors (Lipinski definition) is 1. The highest BCUT2D eigenvalue weighted by Gasteiger charge is 2.19. The number of rotatable bonds is 7. The Kier molecular flexibility index (Phi) is 5.51. The highest BCUT2D eigenvalue weighted by atomic mass is 32.2. The Morgan fingerprint density at radius 1 is 1.30 bits per heavy atom. The van der Waals surface area contributed by atoms with E-state index in [0.29, 0.717) is 11.4 Å². The van der Waals surface area contributed by atoms with Gasteiger partial charge in [0.25, 0.3) is 0 Å². The Morgan fingerprint density at radius 3 is 2.70 bits per heavy atom. The van der Waals surface area contributed by atoms with Crippen LogP contribution in [0.2, 0.25) is 0 Å². The van der Waals surface area contributed by atoms with E-state index in [1.54, 1.807) is 18.2 Å². The summed E-state index contributed by atoms with van der Waals surface area (Å²) in [6.45, 7) is 0.0553. The monoisotopic (exact) mass is 340 g/mol. The second-order valence-electron chi connectivity index (χ2n) is 4.98. The Morgan fingerprint density at radius 2 is 2.09 bits per heavy atom. The summed E-state index contributed by atoms with van der Waals surface area (Å²) in [4.78, 5) is 11.9. The molecule has 0 unspecified atom stereocenters. The van der Waals surface area contributed by atoms with Crippen molar-refractivity contribution in [2.24, 2.45) is 0 Å². The molecule has 1 amide bonds. The molecule has 0 aliphatic carbocycles. The third kappa shape index (κ3) is 5.50. The lowest BCUT2D eigenvalue weighted by molar-refractivity contribution is -0.116. The molecule has 0 spiro atoms. The van der Waals surface area contributed by atoms with E-state index in [0.717, 1.165) is 10.6 Å². The van der Waals surface area contributed by atoms with Crippen molar-refractivity contribution in [3.8, 4) is 0 Å². The van der Waals surface area contributed by atoms with Crippen molar-refractivity contribution >= 4 is 21.6 Å². The summed E-state index contributed by atoms with van der Waals surface area (Å²) in [6.07, 6.45) is 2.47. The SMILES string of the molecule is CS(=O)(=O)N(CCC(=O)Nc1cccc(F)c1)Cc1ccco1. The number of carbonyl (C=O) groups excluding carboxylic acids is 1. The Hall–Kier alpha value is -2.19. The predicted octanol–water partition coefficient (Wildman–Crippen LogP) is 2.21. The van der Waals surface area contributed by atoms with E-state index in [1.807, 2.05) is 0 Å². The molecule has 1 N–H and O–H groups in total. The maximum absolute atomic E-state index is 13.1. The predicted molar refractivity (Wildman–Crippen MR) is 83.6 cm³/mol. The minimum Gasteiger partial charge on any atom is -0.468 e. The van der Waals surface area contributed by atoms with E-state index in [1.165, 1.54) is 24.5 Å². The maximum atomic E-state index is 13.1. The van der Waals surface area contributed by atoms with Crippen LogP contribution in [0, 0.1) is 5.82 Å². The highest BCUT2D eigenvalue weighted by molar-refractivity contribution is 7.88. The van der Waals surface area contributed by atoms with Gasteiger partial charge in [0, 0.05) is 18.7 Å². The van der Waals surface area contributed by atoms with Gasteiger partial charge in [0.1, 0.15) is 11.6 Å². The van der Waals surface area contributed by atoms with Crippen LogP contribution in [0.3, 0.4) is 0 Å². The van der Waals surface area contributed by atoms with Gasteiger partial charge in [-0.25, -0.2) is 12.8 Å². The van der Waals surface area contributed by atoms with Crippen LogP contribution >= 0.6 is 0 Å². The molecule has 0 aliphatic heterocycles. The van der Waals surface area contributed by atoms with Gasteiger partial charge < -0.3 is 9.73 Å². The summed E-state index contributed by atoms with van der Waals surface area (Å²) in [5.74, 6) is -0.372. The first-order valence-electron chi connectivity index (χ1n) is 6.87. The van der Waals surface area contributed by atoms with Gasteiger partial charge in [0.2, 0.25) is 15.9 Å². The van der Waals surface area contributed by atoms with Crippen molar-refractivity contribution < 1.29 is 22.0 Å². The first-order valence-corrected chi connectivity index (χ1v) is 8.72. The molecule has 124 valence electrons. The van der Waals surface area contributed by atoms with Gasteiger partial charge in [-0.05, 0) is 30.3 Å².